The third kappa shape index (κ3) is 2.99. The molecule has 4 nitrogen and oxygen atoms in total. The molecule has 0 aromatic carbocycles. The van der Waals surface area contributed by atoms with Gasteiger partial charge in [-0.15, -0.1) is 11.3 Å². The Morgan fingerprint density at radius 3 is 2.55 bits per heavy atom. The highest BCUT2D eigenvalue weighted by molar-refractivity contribution is 7.13. The average molecular weight is 316 g/mol. The maximum absolute atomic E-state index is 12.4. The van der Waals surface area contributed by atoms with E-state index in [0.717, 1.165) is 36.4 Å². The number of nitrogens with zero attached hydrogens (tertiary/aromatic N) is 2. The molecule has 1 aliphatic heterocycles. The van der Waals surface area contributed by atoms with Crippen LogP contribution >= 0.6 is 11.3 Å². The van der Waals surface area contributed by atoms with Crippen LogP contribution in [0.4, 0.5) is 0 Å². The summed E-state index contributed by atoms with van der Waals surface area (Å²) in [5.41, 5.74) is 1.13. The number of amides is 1. The SMILES string of the molecule is Cc1ccc(C(=O)N2CCC(c3ccn(C)c(=O)c3)CC2)s1. The predicted molar refractivity (Wildman–Crippen MR) is 88.6 cm³/mol. The van der Waals surface area contributed by atoms with Crippen LogP contribution in [0.15, 0.2) is 35.3 Å². The zero-order chi connectivity index (χ0) is 15.7. The molecule has 1 amide bonds. The van der Waals surface area contributed by atoms with Crippen molar-refractivity contribution < 1.29 is 4.79 Å². The molecule has 0 spiro atoms. The van der Waals surface area contributed by atoms with Gasteiger partial charge in [-0.1, -0.05) is 0 Å². The topological polar surface area (TPSA) is 42.3 Å². The van der Waals surface area contributed by atoms with Crippen molar-refractivity contribution in [3.05, 3.63) is 56.1 Å². The lowest BCUT2D eigenvalue weighted by atomic mass is 9.90. The van der Waals surface area contributed by atoms with Crippen LogP contribution in [0.2, 0.25) is 0 Å². The van der Waals surface area contributed by atoms with E-state index < -0.39 is 0 Å². The van der Waals surface area contributed by atoms with Gasteiger partial charge in [0.05, 0.1) is 4.88 Å². The lowest BCUT2D eigenvalue weighted by molar-refractivity contribution is 0.0718. The molecule has 3 rings (SSSR count). The molecule has 116 valence electrons. The molecule has 0 radical (unpaired) electrons. The summed E-state index contributed by atoms with van der Waals surface area (Å²) in [5, 5.41) is 0. The van der Waals surface area contributed by atoms with Gasteiger partial charge in [0.15, 0.2) is 0 Å². The summed E-state index contributed by atoms with van der Waals surface area (Å²) in [7, 11) is 1.76. The second-order valence-corrected chi connectivity index (χ2v) is 7.17. The first-order chi connectivity index (χ1) is 10.5. The Kier molecular flexibility index (Phi) is 4.16. The average Bonchev–Trinajstić information content (AvgIpc) is 2.96. The quantitative estimate of drug-likeness (QED) is 0.855. The number of carbonyl (C=O) groups is 1. The zero-order valence-electron chi connectivity index (χ0n) is 12.9. The van der Waals surface area contributed by atoms with E-state index in [-0.39, 0.29) is 11.5 Å². The molecule has 22 heavy (non-hydrogen) atoms. The van der Waals surface area contributed by atoms with E-state index in [1.54, 1.807) is 29.0 Å². The predicted octanol–water partition coefficient (Wildman–Crippen LogP) is 2.78. The van der Waals surface area contributed by atoms with Gasteiger partial charge in [0.1, 0.15) is 0 Å². The van der Waals surface area contributed by atoms with E-state index in [1.165, 1.54) is 4.88 Å². The van der Waals surface area contributed by atoms with E-state index in [2.05, 4.69) is 0 Å². The molecular formula is C17H20N2O2S. The molecular weight excluding hydrogens is 296 g/mol. The first kappa shape index (κ1) is 15.0. The molecule has 0 aliphatic carbocycles. The Morgan fingerprint density at radius 2 is 1.95 bits per heavy atom. The number of hydrogen-bond donors (Lipinski definition) is 0. The number of likely N-dealkylation sites (tertiary alicyclic amines) is 1. The van der Waals surface area contributed by atoms with Crippen molar-refractivity contribution in [1.82, 2.24) is 9.47 Å². The number of hydrogen-bond acceptors (Lipinski definition) is 3. The van der Waals surface area contributed by atoms with Gasteiger partial charge < -0.3 is 9.47 Å². The first-order valence-corrected chi connectivity index (χ1v) is 8.38. The number of piperidine rings is 1. The number of aryl methyl sites for hydroxylation is 2. The minimum absolute atomic E-state index is 0.0325. The second-order valence-electron chi connectivity index (χ2n) is 5.89. The monoisotopic (exact) mass is 316 g/mol. The number of aromatic nitrogens is 1. The number of pyridine rings is 1. The van der Waals surface area contributed by atoms with Crippen molar-refractivity contribution >= 4 is 17.2 Å². The lowest BCUT2D eigenvalue weighted by Gasteiger charge is -2.32. The number of thiophene rings is 1. The van der Waals surface area contributed by atoms with Gasteiger partial charge >= 0.3 is 0 Å². The summed E-state index contributed by atoms with van der Waals surface area (Å²) < 4.78 is 1.58. The van der Waals surface area contributed by atoms with Gasteiger partial charge in [-0.3, -0.25) is 9.59 Å². The van der Waals surface area contributed by atoms with Crippen molar-refractivity contribution in [1.29, 1.82) is 0 Å². The highest BCUT2D eigenvalue weighted by atomic mass is 32.1. The summed E-state index contributed by atoms with van der Waals surface area (Å²) in [6, 6.07) is 7.65. The van der Waals surface area contributed by atoms with E-state index in [1.807, 2.05) is 36.2 Å². The van der Waals surface area contributed by atoms with Crippen molar-refractivity contribution in [3.63, 3.8) is 0 Å². The van der Waals surface area contributed by atoms with Crippen LogP contribution in [0, 0.1) is 6.92 Å². The van der Waals surface area contributed by atoms with Crippen LogP contribution in [0.5, 0.6) is 0 Å². The van der Waals surface area contributed by atoms with Gasteiger partial charge in [0, 0.05) is 37.3 Å². The van der Waals surface area contributed by atoms with E-state index >= 15 is 0 Å². The normalized spacial score (nSPS) is 16.0. The standard InChI is InChI=1S/C17H20N2O2S/c1-12-3-4-15(22-12)17(21)19-9-6-13(7-10-19)14-5-8-18(2)16(20)11-14/h3-5,8,11,13H,6-7,9-10H2,1-2H3. The summed E-state index contributed by atoms with van der Waals surface area (Å²) in [5.74, 6) is 0.517. The van der Waals surface area contributed by atoms with Crippen LogP contribution in [0.25, 0.3) is 0 Å². The van der Waals surface area contributed by atoms with E-state index in [9.17, 15) is 9.59 Å². The molecule has 0 saturated carbocycles. The van der Waals surface area contributed by atoms with Crippen LogP contribution in [-0.4, -0.2) is 28.5 Å². The fourth-order valence-electron chi connectivity index (χ4n) is 2.94. The molecule has 3 heterocycles. The van der Waals surface area contributed by atoms with Gasteiger partial charge in [-0.2, -0.15) is 0 Å². The molecule has 0 unspecified atom stereocenters. The van der Waals surface area contributed by atoms with Crippen LogP contribution in [-0.2, 0) is 7.05 Å². The second kappa shape index (κ2) is 6.08. The third-order valence-electron chi connectivity index (χ3n) is 4.33. The fraction of sp³-hybridized carbons (Fsp3) is 0.412. The minimum Gasteiger partial charge on any atom is -0.338 e. The van der Waals surface area contributed by atoms with Crippen LogP contribution < -0.4 is 5.56 Å². The Bertz CT molecular complexity index is 739. The zero-order valence-corrected chi connectivity index (χ0v) is 13.7. The van der Waals surface area contributed by atoms with E-state index in [4.69, 9.17) is 0 Å². The molecule has 0 N–H and O–H groups in total. The summed E-state index contributed by atoms with van der Waals surface area (Å²) in [4.78, 5) is 28.1. The maximum Gasteiger partial charge on any atom is 0.263 e. The molecule has 1 fully saturated rings. The van der Waals surface area contributed by atoms with E-state index in [0.29, 0.717) is 5.92 Å². The summed E-state index contributed by atoms with van der Waals surface area (Å²) in [6.07, 6.45) is 3.66. The fourth-order valence-corrected chi connectivity index (χ4v) is 3.77. The molecule has 1 aliphatic rings. The highest BCUT2D eigenvalue weighted by Crippen LogP contribution is 2.28. The molecule has 0 bridgehead atoms. The maximum atomic E-state index is 12.4. The van der Waals surface area contributed by atoms with Gasteiger partial charge in [-0.25, -0.2) is 0 Å². The van der Waals surface area contributed by atoms with Crippen LogP contribution in [0.1, 0.15) is 38.9 Å². The molecule has 0 atom stereocenters. The van der Waals surface area contributed by atoms with Crippen molar-refractivity contribution in [3.8, 4) is 0 Å². The summed E-state index contributed by atoms with van der Waals surface area (Å²) in [6.45, 7) is 3.54. The number of rotatable bonds is 2. The van der Waals surface area contributed by atoms with Gasteiger partial charge in [-0.05, 0) is 49.4 Å². The van der Waals surface area contributed by atoms with Crippen LogP contribution in [0.3, 0.4) is 0 Å². The Hall–Kier alpha value is -1.88. The van der Waals surface area contributed by atoms with Crippen molar-refractivity contribution in [2.45, 2.75) is 25.7 Å². The van der Waals surface area contributed by atoms with Gasteiger partial charge in [0.2, 0.25) is 0 Å². The largest absolute Gasteiger partial charge is 0.338 e. The lowest BCUT2D eigenvalue weighted by Crippen LogP contribution is -2.37. The molecule has 1 saturated heterocycles. The Balaban J connectivity index is 1.66. The Labute approximate surface area is 134 Å². The summed E-state index contributed by atoms with van der Waals surface area (Å²) >= 11 is 1.55. The van der Waals surface area contributed by atoms with Crippen molar-refractivity contribution in [2.75, 3.05) is 13.1 Å². The van der Waals surface area contributed by atoms with Crippen molar-refractivity contribution in [2.24, 2.45) is 7.05 Å². The minimum atomic E-state index is 0.0325. The first-order valence-electron chi connectivity index (χ1n) is 7.57. The smallest absolute Gasteiger partial charge is 0.263 e. The number of carbonyl (C=O) groups excluding carboxylic acids is 1. The highest BCUT2D eigenvalue weighted by Gasteiger charge is 2.25. The Morgan fingerprint density at radius 1 is 1.23 bits per heavy atom. The molecule has 2 aromatic heterocycles. The molecule has 5 heteroatoms. The van der Waals surface area contributed by atoms with Gasteiger partial charge in [0.25, 0.3) is 11.5 Å². The third-order valence-corrected chi connectivity index (χ3v) is 5.32. The molecule has 2 aromatic rings.